The van der Waals surface area contributed by atoms with Crippen LogP contribution in [0.1, 0.15) is 19.8 Å². The monoisotopic (exact) mass is 226 g/mol. The Balaban J connectivity index is 2.40. The zero-order chi connectivity index (χ0) is 12.0. The van der Waals surface area contributed by atoms with E-state index in [0.29, 0.717) is 19.5 Å². The Morgan fingerprint density at radius 1 is 1.62 bits per heavy atom. The maximum atomic E-state index is 11.6. The van der Waals surface area contributed by atoms with Gasteiger partial charge in [0.25, 0.3) is 0 Å². The maximum Gasteiger partial charge on any atom is 0.302 e. The molecule has 0 aromatic heterocycles. The zero-order valence-corrected chi connectivity index (χ0v) is 9.49. The Kier molecular flexibility index (Phi) is 4.98. The highest BCUT2D eigenvalue weighted by molar-refractivity contribution is 5.82. The molecule has 0 spiro atoms. The second-order valence-electron chi connectivity index (χ2n) is 3.80. The normalized spacial score (nSPS) is 24.6. The first-order valence-electron chi connectivity index (χ1n) is 5.42. The summed E-state index contributed by atoms with van der Waals surface area (Å²) in [5, 5.41) is 5.81. The molecule has 0 unspecified atom stereocenters. The molecule has 5 heteroatoms. The molecule has 0 aromatic carbocycles. The minimum Gasteiger partial charge on any atom is -0.462 e. The molecular formula is C11H18N2O3. The van der Waals surface area contributed by atoms with Crippen molar-refractivity contribution in [2.24, 2.45) is 0 Å². The fraction of sp³-hybridized carbons (Fsp3) is 0.636. The van der Waals surface area contributed by atoms with Crippen molar-refractivity contribution in [3.63, 3.8) is 0 Å². The van der Waals surface area contributed by atoms with Crippen LogP contribution in [0.15, 0.2) is 12.7 Å². The van der Waals surface area contributed by atoms with Crippen LogP contribution in [0.2, 0.25) is 0 Å². The van der Waals surface area contributed by atoms with Crippen molar-refractivity contribution in [2.75, 3.05) is 13.1 Å². The summed E-state index contributed by atoms with van der Waals surface area (Å²) in [5.74, 6) is -0.367. The van der Waals surface area contributed by atoms with E-state index in [2.05, 4.69) is 17.2 Å². The third kappa shape index (κ3) is 4.02. The van der Waals surface area contributed by atoms with Gasteiger partial charge < -0.3 is 15.4 Å². The van der Waals surface area contributed by atoms with Gasteiger partial charge in [0.1, 0.15) is 6.10 Å². The van der Waals surface area contributed by atoms with E-state index in [1.165, 1.54) is 6.92 Å². The van der Waals surface area contributed by atoms with E-state index in [1.807, 2.05) is 0 Å². The van der Waals surface area contributed by atoms with Crippen LogP contribution in [0.25, 0.3) is 0 Å². The molecule has 1 saturated heterocycles. The molecule has 1 heterocycles. The number of hydrogen-bond donors (Lipinski definition) is 2. The number of ether oxygens (including phenoxy) is 1. The molecule has 0 aliphatic carbocycles. The Bertz CT molecular complexity index is 278. The van der Waals surface area contributed by atoms with E-state index >= 15 is 0 Å². The minimum atomic E-state index is -0.294. The van der Waals surface area contributed by atoms with E-state index in [4.69, 9.17) is 4.74 Å². The van der Waals surface area contributed by atoms with Gasteiger partial charge in [-0.1, -0.05) is 6.08 Å². The molecule has 2 N–H and O–H groups in total. The smallest absolute Gasteiger partial charge is 0.302 e. The number of carbonyl (C=O) groups is 2. The van der Waals surface area contributed by atoms with Gasteiger partial charge in [-0.2, -0.15) is 0 Å². The van der Waals surface area contributed by atoms with E-state index in [9.17, 15) is 9.59 Å². The fourth-order valence-corrected chi connectivity index (χ4v) is 1.72. The van der Waals surface area contributed by atoms with Crippen molar-refractivity contribution in [1.82, 2.24) is 10.6 Å². The highest BCUT2D eigenvalue weighted by atomic mass is 16.5. The average Bonchev–Trinajstić information content (AvgIpc) is 2.25. The number of nitrogens with one attached hydrogen (secondary N) is 2. The molecule has 2 atom stereocenters. The fourth-order valence-electron chi connectivity index (χ4n) is 1.72. The zero-order valence-electron chi connectivity index (χ0n) is 9.49. The predicted molar refractivity (Wildman–Crippen MR) is 59.8 cm³/mol. The number of piperidine rings is 1. The van der Waals surface area contributed by atoms with Crippen LogP contribution < -0.4 is 10.6 Å². The number of carbonyl (C=O) groups excluding carboxylic acids is 2. The maximum absolute atomic E-state index is 11.6. The Morgan fingerprint density at radius 2 is 2.38 bits per heavy atom. The second kappa shape index (κ2) is 6.27. The van der Waals surface area contributed by atoms with Crippen LogP contribution in [0.5, 0.6) is 0 Å². The third-order valence-corrected chi connectivity index (χ3v) is 2.43. The van der Waals surface area contributed by atoms with Crippen molar-refractivity contribution >= 4 is 11.9 Å². The molecule has 0 saturated carbocycles. The standard InChI is InChI=1S/C11H18N2O3/c1-3-5-13-11(15)10-7-9(4-6-12-10)16-8(2)14/h3,9-10,12H,1,4-7H2,2H3,(H,13,15)/t9-,10-/m0/s1. The lowest BCUT2D eigenvalue weighted by atomic mass is 10.0. The molecule has 0 aromatic rings. The summed E-state index contributed by atoms with van der Waals surface area (Å²) < 4.78 is 5.10. The lowest BCUT2D eigenvalue weighted by Gasteiger charge is -2.28. The van der Waals surface area contributed by atoms with E-state index < -0.39 is 0 Å². The van der Waals surface area contributed by atoms with Gasteiger partial charge in [-0.3, -0.25) is 9.59 Å². The lowest BCUT2D eigenvalue weighted by molar-refractivity contribution is -0.149. The summed E-state index contributed by atoms with van der Waals surface area (Å²) >= 11 is 0. The molecule has 1 rings (SSSR count). The highest BCUT2D eigenvalue weighted by Crippen LogP contribution is 2.12. The molecule has 1 amide bonds. The summed E-state index contributed by atoms with van der Waals surface area (Å²) in [5.41, 5.74) is 0. The predicted octanol–water partition coefficient (Wildman–Crippen LogP) is -0.0277. The Hall–Kier alpha value is -1.36. The first-order chi connectivity index (χ1) is 7.63. The van der Waals surface area contributed by atoms with Gasteiger partial charge in [0.15, 0.2) is 0 Å². The van der Waals surface area contributed by atoms with Crippen molar-refractivity contribution in [3.8, 4) is 0 Å². The summed E-state index contributed by atoms with van der Waals surface area (Å²) in [6, 6.07) is -0.280. The summed E-state index contributed by atoms with van der Waals surface area (Å²) in [7, 11) is 0. The first kappa shape index (κ1) is 12.7. The molecule has 16 heavy (non-hydrogen) atoms. The van der Waals surface area contributed by atoms with Crippen LogP contribution in [-0.4, -0.2) is 37.1 Å². The summed E-state index contributed by atoms with van der Waals surface area (Å²) in [4.78, 5) is 22.4. The second-order valence-corrected chi connectivity index (χ2v) is 3.80. The SMILES string of the molecule is C=CCNC(=O)[C@@H]1C[C@@H](OC(C)=O)CCN1. The quantitative estimate of drug-likeness (QED) is 0.522. The van der Waals surface area contributed by atoms with Crippen LogP contribution in [-0.2, 0) is 14.3 Å². The molecule has 1 aliphatic heterocycles. The molecule has 1 fully saturated rings. The lowest BCUT2D eigenvalue weighted by Crippen LogP contribution is -2.50. The topological polar surface area (TPSA) is 67.4 Å². The van der Waals surface area contributed by atoms with Gasteiger partial charge >= 0.3 is 5.97 Å². The Labute approximate surface area is 95.2 Å². The molecular weight excluding hydrogens is 208 g/mol. The van der Waals surface area contributed by atoms with Crippen molar-refractivity contribution in [2.45, 2.75) is 31.9 Å². The molecule has 90 valence electrons. The summed E-state index contributed by atoms with van der Waals surface area (Å²) in [6.45, 7) is 6.05. The van der Waals surface area contributed by atoms with E-state index in [-0.39, 0.29) is 24.0 Å². The number of amides is 1. The van der Waals surface area contributed by atoms with Crippen LogP contribution >= 0.6 is 0 Å². The van der Waals surface area contributed by atoms with Crippen LogP contribution in [0.4, 0.5) is 0 Å². The van der Waals surface area contributed by atoms with E-state index in [1.54, 1.807) is 6.08 Å². The first-order valence-corrected chi connectivity index (χ1v) is 5.42. The van der Waals surface area contributed by atoms with Gasteiger partial charge in [-0.05, 0) is 13.0 Å². The summed E-state index contributed by atoms with van der Waals surface area (Å²) in [6.07, 6.45) is 2.76. The molecule has 0 bridgehead atoms. The highest BCUT2D eigenvalue weighted by Gasteiger charge is 2.27. The molecule has 1 aliphatic rings. The van der Waals surface area contributed by atoms with Crippen LogP contribution in [0, 0.1) is 0 Å². The third-order valence-electron chi connectivity index (χ3n) is 2.43. The van der Waals surface area contributed by atoms with Gasteiger partial charge in [0, 0.05) is 19.9 Å². The van der Waals surface area contributed by atoms with Gasteiger partial charge in [-0.15, -0.1) is 6.58 Å². The average molecular weight is 226 g/mol. The number of hydrogen-bond acceptors (Lipinski definition) is 4. The van der Waals surface area contributed by atoms with Gasteiger partial charge in [0.05, 0.1) is 6.04 Å². The molecule has 0 radical (unpaired) electrons. The minimum absolute atomic E-state index is 0.0725. The van der Waals surface area contributed by atoms with E-state index in [0.717, 1.165) is 6.42 Å². The van der Waals surface area contributed by atoms with Gasteiger partial charge in [0.2, 0.25) is 5.91 Å². The van der Waals surface area contributed by atoms with Gasteiger partial charge in [-0.25, -0.2) is 0 Å². The number of rotatable bonds is 4. The van der Waals surface area contributed by atoms with Crippen molar-refractivity contribution in [1.29, 1.82) is 0 Å². The largest absolute Gasteiger partial charge is 0.462 e. The van der Waals surface area contributed by atoms with Crippen molar-refractivity contribution < 1.29 is 14.3 Å². The van der Waals surface area contributed by atoms with Crippen LogP contribution in [0.3, 0.4) is 0 Å². The number of esters is 1. The Morgan fingerprint density at radius 3 is 3.00 bits per heavy atom. The van der Waals surface area contributed by atoms with Crippen molar-refractivity contribution in [3.05, 3.63) is 12.7 Å². The molecule has 5 nitrogen and oxygen atoms in total.